The molecule has 0 amide bonds. The molecule has 14 nitrogen and oxygen atoms in total. The Morgan fingerprint density at radius 3 is 2.61 bits per heavy atom. The van der Waals surface area contributed by atoms with E-state index in [0.717, 1.165) is 25.7 Å². The zero-order valence-corrected chi connectivity index (χ0v) is 21.3. The molecule has 1 unspecified atom stereocenters. The van der Waals surface area contributed by atoms with Crippen molar-refractivity contribution in [2.24, 2.45) is 0 Å². The van der Waals surface area contributed by atoms with E-state index in [4.69, 9.17) is 19.3 Å². The first-order valence-electron chi connectivity index (χ1n) is 11.6. The van der Waals surface area contributed by atoms with Gasteiger partial charge in [0, 0.05) is 12.1 Å². The standard InChI is InChI=1S/C20H31N4O10PS/c1-11(25)8-33-16-6-14(22-12-4-2-3-5-12)13-7-21-24(19(13)23-16)20-18(27)17(26)15(34-20)9-36(31,32)10-35(28,29)30/h6-7,11-12,15,17-18,20,25-27H,2-5,8-10H2,1H3,(H,22,23)(H2,28,29,30)/t11?,15-,17-,18-,20-/m1/s1. The van der Waals surface area contributed by atoms with E-state index >= 15 is 0 Å². The number of ether oxygens (including phenoxy) is 2. The number of aliphatic hydroxyl groups is 3. The van der Waals surface area contributed by atoms with Gasteiger partial charge in [-0.3, -0.25) is 4.57 Å². The van der Waals surface area contributed by atoms with Gasteiger partial charge in [0.05, 0.1) is 29.1 Å². The number of hydrogen-bond donors (Lipinski definition) is 6. The van der Waals surface area contributed by atoms with Gasteiger partial charge in [0.25, 0.3) is 0 Å². The Bertz CT molecular complexity index is 1230. The SMILES string of the molecule is CC(O)COc1cc(NC2CCCC2)c2cnn([C@@H]3O[C@H](CS(=O)(=O)CP(=O)(O)O)[C@@H](O)[C@H]3O)c2n1. The van der Waals surface area contributed by atoms with Crippen LogP contribution in [0.15, 0.2) is 12.3 Å². The smallest absolute Gasteiger partial charge is 0.340 e. The molecule has 5 atom stereocenters. The van der Waals surface area contributed by atoms with E-state index in [-0.39, 0.29) is 24.2 Å². The molecule has 4 rings (SSSR count). The molecule has 0 aromatic carbocycles. The molecule has 3 heterocycles. The Labute approximate surface area is 207 Å². The monoisotopic (exact) mass is 550 g/mol. The summed E-state index contributed by atoms with van der Waals surface area (Å²) in [6.07, 6.45) is -1.11. The van der Waals surface area contributed by atoms with E-state index in [1.54, 1.807) is 13.0 Å². The number of aliphatic hydroxyl groups excluding tert-OH is 3. The molecule has 2 fully saturated rings. The number of anilines is 1. The highest BCUT2D eigenvalue weighted by molar-refractivity contribution is 7.97. The van der Waals surface area contributed by atoms with Gasteiger partial charge in [-0.1, -0.05) is 12.8 Å². The van der Waals surface area contributed by atoms with Gasteiger partial charge in [0.1, 0.15) is 24.9 Å². The summed E-state index contributed by atoms with van der Waals surface area (Å²) in [6.45, 7) is 1.54. The molecule has 1 aliphatic carbocycles. The zero-order chi connectivity index (χ0) is 26.3. The summed E-state index contributed by atoms with van der Waals surface area (Å²) < 4.78 is 48.0. The lowest BCUT2D eigenvalue weighted by molar-refractivity contribution is -0.0365. The van der Waals surface area contributed by atoms with Gasteiger partial charge in [-0.15, -0.1) is 0 Å². The van der Waals surface area contributed by atoms with E-state index in [0.29, 0.717) is 11.1 Å². The lowest BCUT2D eigenvalue weighted by atomic mass is 10.1. The van der Waals surface area contributed by atoms with Gasteiger partial charge in [-0.2, -0.15) is 10.1 Å². The predicted octanol–water partition coefficient (Wildman–Crippen LogP) is -0.285. The Balaban J connectivity index is 1.64. The summed E-state index contributed by atoms with van der Waals surface area (Å²) in [5.41, 5.74) is -0.499. The Kier molecular flexibility index (Phi) is 7.93. The molecule has 1 saturated heterocycles. The molecule has 36 heavy (non-hydrogen) atoms. The maximum Gasteiger partial charge on any atom is 0.340 e. The van der Waals surface area contributed by atoms with Crippen LogP contribution in [0.2, 0.25) is 0 Å². The summed E-state index contributed by atoms with van der Waals surface area (Å²) in [4.78, 5) is 22.5. The van der Waals surface area contributed by atoms with Crippen molar-refractivity contribution < 1.29 is 47.6 Å². The third-order valence-electron chi connectivity index (χ3n) is 6.09. The quantitative estimate of drug-likeness (QED) is 0.210. The second-order valence-electron chi connectivity index (χ2n) is 9.37. The minimum Gasteiger partial charge on any atom is -0.475 e. The molecule has 0 spiro atoms. The molecule has 6 N–H and O–H groups in total. The van der Waals surface area contributed by atoms with Crippen molar-refractivity contribution in [3.8, 4) is 5.88 Å². The van der Waals surface area contributed by atoms with Crippen molar-refractivity contribution in [2.45, 2.75) is 69.3 Å². The third-order valence-corrected chi connectivity index (χ3v) is 9.85. The summed E-state index contributed by atoms with van der Waals surface area (Å²) in [6, 6.07) is 1.93. The molecule has 202 valence electrons. The number of nitrogens with zero attached hydrogens (tertiary/aromatic N) is 3. The van der Waals surface area contributed by atoms with Crippen LogP contribution in [0.5, 0.6) is 5.88 Å². The first-order chi connectivity index (χ1) is 16.8. The number of rotatable bonds is 10. The molecule has 2 aromatic heterocycles. The number of fused-ring (bicyclic) bond motifs is 1. The van der Waals surface area contributed by atoms with Crippen LogP contribution < -0.4 is 10.1 Å². The molecular formula is C20H31N4O10PS. The van der Waals surface area contributed by atoms with E-state index in [1.165, 1.54) is 10.9 Å². The van der Waals surface area contributed by atoms with Gasteiger partial charge in [0.15, 0.2) is 27.2 Å². The number of pyridine rings is 1. The van der Waals surface area contributed by atoms with Gasteiger partial charge in [-0.05, 0) is 19.8 Å². The number of sulfone groups is 1. The van der Waals surface area contributed by atoms with Crippen LogP contribution in [0.4, 0.5) is 5.69 Å². The molecule has 0 bridgehead atoms. The minimum absolute atomic E-state index is 0.0176. The highest BCUT2D eigenvalue weighted by Gasteiger charge is 2.47. The van der Waals surface area contributed by atoms with Crippen LogP contribution in [0.1, 0.15) is 38.8 Å². The van der Waals surface area contributed by atoms with Crippen molar-refractivity contribution >= 4 is 34.2 Å². The average Bonchev–Trinajstić information content (AvgIpc) is 3.47. The van der Waals surface area contributed by atoms with Crippen LogP contribution in [-0.4, -0.2) is 96.6 Å². The van der Waals surface area contributed by atoms with Crippen LogP contribution in [0, 0.1) is 0 Å². The van der Waals surface area contributed by atoms with Crippen molar-refractivity contribution in [1.29, 1.82) is 0 Å². The summed E-state index contributed by atoms with van der Waals surface area (Å²) >= 11 is 0. The number of hydrogen-bond acceptors (Lipinski definition) is 11. The highest BCUT2D eigenvalue weighted by Crippen LogP contribution is 2.39. The van der Waals surface area contributed by atoms with Crippen molar-refractivity contribution in [3.05, 3.63) is 12.3 Å². The fraction of sp³-hybridized carbons (Fsp3) is 0.700. The lowest BCUT2D eigenvalue weighted by Gasteiger charge is -2.18. The highest BCUT2D eigenvalue weighted by atomic mass is 32.2. The zero-order valence-electron chi connectivity index (χ0n) is 19.5. The summed E-state index contributed by atoms with van der Waals surface area (Å²) in [5.74, 6) is -0.726. The molecule has 0 radical (unpaired) electrons. The van der Waals surface area contributed by atoms with Crippen LogP contribution >= 0.6 is 7.60 Å². The molecule has 2 aromatic rings. The van der Waals surface area contributed by atoms with Gasteiger partial charge in [-0.25, -0.2) is 13.1 Å². The van der Waals surface area contributed by atoms with Gasteiger partial charge in [0.2, 0.25) is 5.88 Å². The summed E-state index contributed by atoms with van der Waals surface area (Å²) in [7, 11) is -9.18. The number of nitrogens with one attached hydrogen (secondary N) is 1. The maximum atomic E-state index is 12.2. The normalized spacial score (nSPS) is 26.5. The molecule has 1 aliphatic heterocycles. The average molecular weight is 551 g/mol. The second-order valence-corrected chi connectivity index (χ2v) is 13.6. The van der Waals surface area contributed by atoms with Crippen molar-refractivity contribution in [3.63, 3.8) is 0 Å². The Morgan fingerprint density at radius 1 is 1.28 bits per heavy atom. The molecule has 1 saturated carbocycles. The minimum atomic E-state index is -4.87. The van der Waals surface area contributed by atoms with Gasteiger partial charge >= 0.3 is 7.60 Å². The van der Waals surface area contributed by atoms with Crippen molar-refractivity contribution in [2.75, 3.05) is 23.2 Å². The van der Waals surface area contributed by atoms with Crippen LogP contribution in [0.3, 0.4) is 0 Å². The second kappa shape index (κ2) is 10.5. The lowest BCUT2D eigenvalue weighted by Crippen LogP contribution is -2.36. The van der Waals surface area contributed by atoms with Crippen molar-refractivity contribution in [1.82, 2.24) is 14.8 Å². The molecule has 2 aliphatic rings. The topological polar surface area (TPSA) is 214 Å². The maximum absolute atomic E-state index is 12.2. The largest absolute Gasteiger partial charge is 0.475 e. The first-order valence-corrected chi connectivity index (χ1v) is 15.2. The van der Waals surface area contributed by atoms with E-state index in [1.807, 2.05) is 0 Å². The predicted molar refractivity (Wildman–Crippen MR) is 127 cm³/mol. The summed E-state index contributed by atoms with van der Waals surface area (Å²) in [5, 5.41) is 39.0. The first kappa shape index (κ1) is 27.2. The van der Waals surface area contributed by atoms with E-state index in [9.17, 15) is 28.3 Å². The molecule has 16 heteroatoms. The Morgan fingerprint density at radius 2 is 1.97 bits per heavy atom. The fourth-order valence-corrected chi connectivity index (χ4v) is 7.75. The fourth-order valence-electron chi connectivity index (χ4n) is 4.50. The molecular weight excluding hydrogens is 519 g/mol. The third kappa shape index (κ3) is 6.34. The number of aromatic nitrogens is 3. The van der Waals surface area contributed by atoms with Crippen LogP contribution in [0.25, 0.3) is 11.0 Å². The van der Waals surface area contributed by atoms with Gasteiger partial charge < -0.3 is 39.9 Å². The van der Waals surface area contributed by atoms with Crippen LogP contribution in [-0.2, 0) is 19.1 Å². The Hall–Kier alpha value is -1.84. The van der Waals surface area contributed by atoms with E-state index < -0.39 is 59.3 Å². The van der Waals surface area contributed by atoms with E-state index in [2.05, 4.69) is 15.4 Å².